The van der Waals surface area contributed by atoms with Crippen LogP contribution in [0.15, 0.2) is 23.1 Å². The zero-order valence-corrected chi connectivity index (χ0v) is 14.3. The molecule has 0 aliphatic carbocycles. The maximum absolute atomic E-state index is 11.3. The third-order valence-electron chi connectivity index (χ3n) is 4.11. The summed E-state index contributed by atoms with van der Waals surface area (Å²) in [4.78, 5) is -0.152. The first-order valence-electron chi connectivity index (χ1n) is 7.16. The lowest BCUT2D eigenvalue weighted by Gasteiger charge is -2.27. The van der Waals surface area contributed by atoms with Gasteiger partial charge in [-0.05, 0) is 32.9 Å². The molecule has 2 rings (SSSR count). The van der Waals surface area contributed by atoms with Gasteiger partial charge in [-0.15, -0.1) is 0 Å². The number of nitrogens with zero attached hydrogens (tertiary/aromatic N) is 1. The Balaban J connectivity index is 2.77. The van der Waals surface area contributed by atoms with Crippen molar-refractivity contribution < 1.29 is 17.5 Å². The van der Waals surface area contributed by atoms with Crippen LogP contribution in [0.5, 0.6) is 0 Å². The second-order valence-electron chi connectivity index (χ2n) is 7.10. The molecule has 1 aliphatic rings. The SMILES string of the molecule is CC[N+]1=C(C(C)(C)C)C(C)(C)c2cc(S(=O)(=O)[O-])ccc21. The molecule has 0 amide bonds. The number of fused-ring (bicyclic) bond motifs is 1. The zero-order valence-electron chi connectivity index (χ0n) is 13.5. The van der Waals surface area contributed by atoms with Gasteiger partial charge in [-0.2, -0.15) is 4.58 Å². The van der Waals surface area contributed by atoms with Crippen LogP contribution in [0.4, 0.5) is 5.69 Å². The van der Waals surface area contributed by atoms with Crippen molar-refractivity contribution in [2.75, 3.05) is 6.54 Å². The second kappa shape index (κ2) is 4.65. The molecule has 116 valence electrons. The van der Waals surface area contributed by atoms with E-state index < -0.39 is 10.1 Å². The van der Waals surface area contributed by atoms with Gasteiger partial charge < -0.3 is 4.55 Å². The Labute approximate surface area is 127 Å². The van der Waals surface area contributed by atoms with E-state index in [2.05, 4.69) is 46.1 Å². The largest absolute Gasteiger partial charge is 0.744 e. The maximum atomic E-state index is 11.3. The van der Waals surface area contributed by atoms with E-state index in [9.17, 15) is 13.0 Å². The number of hydrogen-bond acceptors (Lipinski definition) is 3. The van der Waals surface area contributed by atoms with Gasteiger partial charge in [0.15, 0.2) is 5.71 Å². The van der Waals surface area contributed by atoms with E-state index in [-0.39, 0.29) is 15.7 Å². The quantitative estimate of drug-likeness (QED) is 0.623. The molecule has 0 bridgehead atoms. The van der Waals surface area contributed by atoms with E-state index in [1.807, 2.05) is 0 Å². The summed E-state index contributed by atoms with van der Waals surface area (Å²) in [5, 5.41) is 0. The summed E-state index contributed by atoms with van der Waals surface area (Å²) in [6.45, 7) is 13.5. The lowest BCUT2D eigenvalue weighted by Crippen LogP contribution is -2.39. The molecule has 4 nitrogen and oxygen atoms in total. The minimum absolute atomic E-state index is 0.0466. The van der Waals surface area contributed by atoms with Crippen molar-refractivity contribution >= 4 is 21.5 Å². The number of benzene rings is 1. The summed E-state index contributed by atoms with van der Waals surface area (Å²) >= 11 is 0. The van der Waals surface area contributed by atoms with E-state index in [1.165, 1.54) is 11.8 Å². The molecule has 1 aliphatic heterocycles. The highest BCUT2D eigenvalue weighted by molar-refractivity contribution is 7.85. The molecule has 0 aromatic heterocycles. The summed E-state index contributed by atoms with van der Waals surface area (Å²) in [5.41, 5.74) is 2.80. The summed E-state index contributed by atoms with van der Waals surface area (Å²) in [7, 11) is -4.43. The minimum atomic E-state index is -4.43. The molecular formula is C16H23NO3S. The molecule has 0 unspecified atom stereocenters. The fraction of sp³-hybridized carbons (Fsp3) is 0.562. The number of hydrogen-bond donors (Lipinski definition) is 0. The molecule has 0 radical (unpaired) electrons. The van der Waals surface area contributed by atoms with Crippen molar-refractivity contribution in [1.82, 2.24) is 0 Å². The first kappa shape index (κ1) is 16.2. The van der Waals surface area contributed by atoms with Crippen molar-refractivity contribution in [1.29, 1.82) is 0 Å². The van der Waals surface area contributed by atoms with Gasteiger partial charge in [-0.3, -0.25) is 0 Å². The van der Waals surface area contributed by atoms with Crippen molar-refractivity contribution in [3.8, 4) is 0 Å². The average molecular weight is 309 g/mol. The van der Waals surface area contributed by atoms with Gasteiger partial charge in [0.1, 0.15) is 16.7 Å². The van der Waals surface area contributed by atoms with Gasteiger partial charge in [0.05, 0.1) is 10.3 Å². The Morgan fingerprint density at radius 3 is 2.24 bits per heavy atom. The summed E-state index contributed by atoms with van der Waals surface area (Å²) in [5.74, 6) is 0. The molecule has 1 aromatic carbocycles. The molecule has 0 atom stereocenters. The van der Waals surface area contributed by atoms with Gasteiger partial charge in [0.2, 0.25) is 5.69 Å². The fourth-order valence-electron chi connectivity index (χ4n) is 3.66. The summed E-state index contributed by atoms with van der Waals surface area (Å²) in [6.07, 6.45) is 0. The van der Waals surface area contributed by atoms with E-state index in [4.69, 9.17) is 0 Å². The predicted molar refractivity (Wildman–Crippen MR) is 82.4 cm³/mol. The van der Waals surface area contributed by atoms with Crippen LogP contribution in [0.1, 0.15) is 47.1 Å². The smallest absolute Gasteiger partial charge is 0.209 e. The van der Waals surface area contributed by atoms with Crippen LogP contribution in [-0.2, 0) is 15.5 Å². The van der Waals surface area contributed by atoms with Crippen LogP contribution >= 0.6 is 0 Å². The minimum Gasteiger partial charge on any atom is -0.744 e. The molecule has 0 saturated heterocycles. The van der Waals surface area contributed by atoms with Crippen molar-refractivity contribution in [2.45, 2.75) is 51.9 Å². The van der Waals surface area contributed by atoms with E-state index >= 15 is 0 Å². The third-order valence-corrected chi connectivity index (χ3v) is 4.94. The monoisotopic (exact) mass is 309 g/mol. The number of rotatable bonds is 2. The van der Waals surface area contributed by atoms with Gasteiger partial charge >= 0.3 is 0 Å². The van der Waals surface area contributed by atoms with Crippen molar-refractivity contribution in [3.63, 3.8) is 0 Å². The molecule has 0 N–H and O–H groups in total. The van der Waals surface area contributed by atoms with Crippen LogP contribution in [-0.4, -0.2) is 29.8 Å². The lowest BCUT2D eigenvalue weighted by atomic mass is 9.71. The van der Waals surface area contributed by atoms with Gasteiger partial charge in [-0.25, -0.2) is 8.42 Å². The van der Waals surface area contributed by atoms with Crippen LogP contribution < -0.4 is 0 Å². The van der Waals surface area contributed by atoms with E-state index in [1.54, 1.807) is 12.1 Å². The van der Waals surface area contributed by atoms with Crippen molar-refractivity contribution in [3.05, 3.63) is 23.8 Å². The Hall–Kier alpha value is -1.20. The Kier molecular flexibility index (Phi) is 3.58. The average Bonchev–Trinajstić information content (AvgIpc) is 2.55. The van der Waals surface area contributed by atoms with Crippen molar-refractivity contribution in [2.24, 2.45) is 5.41 Å². The maximum Gasteiger partial charge on any atom is 0.209 e. The molecule has 1 aromatic rings. The second-order valence-corrected chi connectivity index (χ2v) is 8.48. The molecule has 1 heterocycles. The predicted octanol–water partition coefficient (Wildman–Crippen LogP) is 3.03. The standard InChI is InChI=1S/C16H23NO3S/c1-7-17-13-9-8-11(21(18,19)20)10-12(13)16(5,6)14(17)15(2,3)4/h8-10H,7H2,1-6H3. The Morgan fingerprint density at radius 1 is 1.24 bits per heavy atom. The summed E-state index contributed by atoms with van der Waals surface area (Å²) < 4.78 is 36.1. The van der Waals surface area contributed by atoms with Gasteiger partial charge in [0.25, 0.3) is 0 Å². The highest BCUT2D eigenvalue weighted by atomic mass is 32.2. The van der Waals surface area contributed by atoms with Crippen LogP contribution in [0.25, 0.3) is 0 Å². The molecule has 0 fully saturated rings. The molecular weight excluding hydrogens is 286 g/mol. The van der Waals surface area contributed by atoms with Crippen LogP contribution in [0, 0.1) is 5.41 Å². The topological polar surface area (TPSA) is 60.2 Å². The Morgan fingerprint density at radius 2 is 1.81 bits per heavy atom. The molecule has 0 saturated carbocycles. The first-order valence-corrected chi connectivity index (χ1v) is 8.57. The zero-order chi connectivity index (χ0) is 16.2. The first-order chi connectivity index (χ1) is 9.40. The molecule has 5 heteroatoms. The van der Waals surface area contributed by atoms with Crippen LogP contribution in [0.2, 0.25) is 0 Å². The highest BCUT2D eigenvalue weighted by Crippen LogP contribution is 2.45. The van der Waals surface area contributed by atoms with E-state index in [0.29, 0.717) is 0 Å². The van der Waals surface area contributed by atoms with Crippen LogP contribution in [0.3, 0.4) is 0 Å². The highest BCUT2D eigenvalue weighted by Gasteiger charge is 2.50. The Bertz CT molecular complexity index is 722. The molecule has 21 heavy (non-hydrogen) atoms. The third kappa shape index (κ3) is 2.53. The van der Waals surface area contributed by atoms with Gasteiger partial charge in [0, 0.05) is 17.0 Å². The van der Waals surface area contributed by atoms with E-state index in [0.717, 1.165) is 17.8 Å². The molecule has 0 spiro atoms. The normalized spacial score (nSPS) is 18.0. The summed E-state index contributed by atoms with van der Waals surface area (Å²) in [6, 6.07) is 4.70. The lowest BCUT2D eigenvalue weighted by molar-refractivity contribution is -0.438. The fourth-order valence-corrected chi connectivity index (χ4v) is 4.16. The van der Waals surface area contributed by atoms with Gasteiger partial charge in [-0.1, -0.05) is 20.8 Å².